The highest BCUT2D eigenvalue weighted by Crippen LogP contribution is 2.35. The second kappa shape index (κ2) is 9.48. The highest BCUT2D eigenvalue weighted by atomic mass is 32.2. The fourth-order valence-electron chi connectivity index (χ4n) is 4.51. The lowest BCUT2D eigenvalue weighted by molar-refractivity contribution is -0.122. The topological polar surface area (TPSA) is 67.3 Å². The number of benzene rings is 4. The van der Waals surface area contributed by atoms with Crippen LogP contribution in [0.15, 0.2) is 108 Å². The van der Waals surface area contributed by atoms with Crippen molar-refractivity contribution in [2.24, 2.45) is 0 Å². The molecule has 0 bridgehead atoms. The van der Waals surface area contributed by atoms with Crippen LogP contribution in [0.3, 0.4) is 0 Å². The van der Waals surface area contributed by atoms with Gasteiger partial charge in [0.15, 0.2) is 5.78 Å². The maximum Gasteiger partial charge on any atom is 0.293 e. The van der Waals surface area contributed by atoms with E-state index in [4.69, 9.17) is 4.98 Å². The van der Waals surface area contributed by atoms with Crippen LogP contribution in [-0.4, -0.2) is 33.4 Å². The van der Waals surface area contributed by atoms with Gasteiger partial charge in [-0.1, -0.05) is 91.0 Å². The predicted molar refractivity (Wildman–Crippen MR) is 148 cm³/mol. The molecule has 6 rings (SSSR count). The van der Waals surface area contributed by atoms with Gasteiger partial charge in [0.2, 0.25) is 0 Å². The molecule has 0 radical (unpaired) electrons. The quantitative estimate of drug-likeness (QED) is 0.148. The molecular formula is C31H20N2O3S. The molecule has 1 aliphatic heterocycles. The van der Waals surface area contributed by atoms with Crippen LogP contribution < -0.4 is 0 Å². The van der Waals surface area contributed by atoms with Crippen molar-refractivity contribution in [2.75, 3.05) is 6.54 Å². The van der Waals surface area contributed by atoms with E-state index in [1.807, 2.05) is 91.0 Å². The Bertz CT molecular complexity index is 1670. The highest BCUT2D eigenvalue weighted by Gasteiger charge is 2.36. The number of para-hydroxylation sites is 2. The third-order valence-electron chi connectivity index (χ3n) is 6.39. The fourth-order valence-corrected chi connectivity index (χ4v) is 5.33. The summed E-state index contributed by atoms with van der Waals surface area (Å²) in [7, 11) is 0. The molecule has 0 aliphatic carbocycles. The van der Waals surface area contributed by atoms with E-state index in [0.29, 0.717) is 10.5 Å². The molecule has 6 heteroatoms. The lowest BCUT2D eigenvalue weighted by Crippen LogP contribution is -2.33. The third kappa shape index (κ3) is 4.32. The average Bonchev–Trinajstić information content (AvgIpc) is 3.20. The van der Waals surface area contributed by atoms with Crippen LogP contribution in [0.1, 0.15) is 15.9 Å². The summed E-state index contributed by atoms with van der Waals surface area (Å²) in [6, 6.07) is 32.5. The number of rotatable bonds is 5. The number of aromatic nitrogens is 1. The highest BCUT2D eigenvalue weighted by molar-refractivity contribution is 8.18. The molecule has 0 spiro atoms. The van der Waals surface area contributed by atoms with Gasteiger partial charge in [-0.25, -0.2) is 4.98 Å². The monoisotopic (exact) mass is 500 g/mol. The number of Topliss-reactive ketones (excluding diaryl/α,β-unsaturated/α-hetero) is 1. The van der Waals surface area contributed by atoms with E-state index >= 15 is 0 Å². The van der Waals surface area contributed by atoms with Gasteiger partial charge < -0.3 is 0 Å². The van der Waals surface area contributed by atoms with Crippen LogP contribution in [0.4, 0.5) is 4.79 Å². The van der Waals surface area contributed by atoms with Gasteiger partial charge in [0.05, 0.1) is 22.5 Å². The summed E-state index contributed by atoms with van der Waals surface area (Å²) < 4.78 is 0. The molecule has 2 heterocycles. The summed E-state index contributed by atoms with van der Waals surface area (Å²) >= 11 is 0.857. The van der Waals surface area contributed by atoms with Crippen molar-refractivity contribution in [3.63, 3.8) is 0 Å². The van der Waals surface area contributed by atoms with Gasteiger partial charge >= 0.3 is 0 Å². The molecule has 0 atom stereocenters. The second-order valence-corrected chi connectivity index (χ2v) is 9.69. The van der Waals surface area contributed by atoms with Crippen LogP contribution in [0.5, 0.6) is 0 Å². The molecule has 37 heavy (non-hydrogen) atoms. The number of imide groups is 1. The van der Waals surface area contributed by atoms with Gasteiger partial charge in [-0.15, -0.1) is 0 Å². The minimum absolute atomic E-state index is 0.289. The lowest BCUT2D eigenvalue weighted by Gasteiger charge is -2.12. The molecule has 5 aromatic rings. The van der Waals surface area contributed by atoms with E-state index in [2.05, 4.69) is 0 Å². The first kappa shape index (κ1) is 22.9. The smallest absolute Gasteiger partial charge is 0.292 e. The Morgan fingerprint density at radius 1 is 0.730 bits per heavy atom. The molecule has 1 aliphatic rings. The predicted octanol–water partition coefficient (Wildman–Crippen LogP) is 6.97. The maximum absolute atomic E-state index is 13.2. The number of hydrogen-bond acceptors (Lipinski definition) is 5. The zero-order valence-corrected chi connectivity index (χ0v) is 20.4. The van der Waals surface area contributed by atoms with Gasteiger partial charge in [-0.2, -0.15) is 0 Å². The van der Waals surface area contributed by atoms with Crippen LogP contribution in [0.25, 0.3) is 39.0 Å². The maximum atomic E-state index is 13.2. The molecule has 1 fully saturated rings. The number of fused-ring (bicyclic) bond motifs is 2. The molecule has 0 unspecified atom stereocenters. The Balaban J connectivity index is 1.28. The first-order valence-corrected chi connectivity index (χ1v) is 12.6. The SMILES string of the molecule is O=C(CN1C(=O)S/C(=C/c2c3ccccc3nc3ccccc23)C1=O)c1ccc(-c2ccccc2)cc1. The minimum atomic E-state index is -0.464. The van der Waals surface area contributed by atoms with Crippen LogP contribution in [0.2, 0.25) is 0 Å². The average molecular weight is 501 g/mol. The number of nitrogens with zero attached hydrogens (tertiary/aromatic N) is 2. The molecule has 4 aromatic carbocycles. The largest absolute Gasteiger partial charge is 0.293 e. The Hall–Kier alpha value is -4.55. The van der Waals surface area contributed by atoms with Crippen LogP contribution in [0, 0.1) is 0 Å². The number of ketones is 1. The van der Waals surface area contributed by atoms with Gasteiger partial charge in [0.25, 0.3) is 11.1 Å². The summed E-state index contributed by atoms with van der Waals surface area (Å²) in [5, 5.41) is 1.33. The van der Waals surface area contributed by atoms with E-state index in [0.717, 1.165) is 55.2 Å². The lowest BCUT2D eigenvalue weighted by atomic mass is 10.0. The molecule has 1 aromatic heterocycles. The van der Waals surface area contributed by atoms with Crippen LogP contribution >= 0.6 is 11.8 Å². The fraction of sp³-hybridized carbons (Fsp3) is 0.0323. The Morgan fingerprint density at radius 3 is 1.95 bits per heavy atom. The van der Waals surface area contributed by atoms with E-state index in [1.165, 1.54) is 0 Å². The minimum Gasteiger partial charge on any atom is -0.292 e. The summed E-state index contributed by atoms with van der Waals surface area (Å²) in [5.74, 6) is -0.753. The molecule has 178 valence electrons. The molecule has 5 nitrogen and oxygen atoms in total. The number of thioether (sulfide) groups is 1. The molecule has 0 N–H and O–H groups in total. The zero-order chi connectivity index (χ0) is 25.4. The standard InChI is InChI=1S/C31H20N2O3S/c34-28(22-16-14-21(15-17-22)20-8-2-1-3-9-20)19-33-30(35)29(37-31(33)36)18-25-23-10-4-6-12-26(23)32-27-13-7-5-11-24(25)27/h1-18H,19H2/b29-18+. The molecular weight excluding hydrogens is 480 g/mol. The first-order valence-electron chi connectivity index (χ1n) is 11.8. The van der Waals surface area contributed by atoms with Gasteiger partial charge in [-0.05, 0) is 46.7 Å². The number of pyridine rings is 1. The molecule has 2 amide bonds. The Labute approximate surface area is 217 Å². The van der Waals surface area contributed by atoms with Crippen molar-refractivity contribution in [1.29, 1.82) is 0 Å². The Morgan fingerprint density at radius 2 is 1.30 bits per heavy atom. The summed E-state index contributed by atoms with van der Waals surface area (Å²) in [6.07, 6.45) is 1.75. The summed E-state index contributed by atoms with van der Waals surface area (Å²) in [6.45, 7) is -0.301. The van der Waals surface area contributed by atoms with E-state index in [-0.39, 0.29) is 12.3 Å². The Kier molecular flexibility index (Phi) is 5.87. The normalized spacial score (nSPS) is 14.7. The van der Waals surface area contributed by atoms with E-state index < -0.39 is 11.1 Å². The molecule has 0 saturated carbocycles. The van der Waals surface area contributed by atoms with Crippen molar-refractivity contribution in [3.05, 3.63) is 119 Å². The van der Waals surface area contributed by atoms with Gasteiger partial charge in [-0.3, -0.25) is 19.3 Å². The van der Waals surface area contributed by atoms with Crippen molar-refractivity contribution < 1.29 is 14.4 Å². The first-order chi connectivity index (χ1) is 18.1. The van der Waals surface area contributed by atoms with Crippen molar-refractivity contribution in [2.45, 2.75) is 0 Å². The van der Waals surface area contributed by atoms with E-state index in [1.54, 1.807) is 18.2 Å². The number of carbonyl (C=O) groups excluding carboxylic acids is 3. The zero-order valence-electron chi connectivity index (χ0n) is 19.6. The second-order valence-electron chi connectivity index (χ2n) is 8.69. The third-order valence-corrected chi connectivity index (χ3v) is 7.30. The summed E-state index contributed by atoms with van der Waals surface area (Å²) in [5.41, 5.74) is 4.93. The van der Waals surface area contributed by atoms with E-state index in [9.17, 15) is 14.4 Å². The van der Waals surface area contributed by atoms with Crippen molar-refractivity contribution in [3.8, 4) is 11.1 Å². The number of hydrogen-bond donors (Lipinski definition) is 0. The van der Waals surface area contributed by atoms with Crippen LogP contribution in [-0.2, 0) is 4.79 Å². The van der Waals surface area contributed by atoms with Gasteiger partial charge in [0, 0.05) is 16.3 Å². The molecule has 1 saturated heterocycles. The summed E-state index contributed by atoms with van der Waals surface area (Å²) in [4.78, 5) is 45.0. The number of carbonyl (C=O) groups is 3. The van der Waals surface area contributed by atoms with Gasteiger partial charge in [0.1, 0.15) is 0 Å². The van der Waals surface area contributed by atoms with Crippen molar-refractivity contribution >= 4 is 56.6 Å². The van der Waals surface area contributed by atoms with Crippen molar-refractivity contribution in [1.82, 2.24) is 9.88 Å². The number of amides is 2.